The number of hydrogen-bond donors (Lipinski definition) is 1. The molecule has 0 unspecified atom stereocenters. The van der Waals surface area contributed by atoms with Gasteiger partial charge in [-0.1, -0.05) is 17.2 Å². The summed E-state index contributed by atoms with van der Waals surface area (Å²) in [5, 5.41) is 14.9. The SMILES string of the molecule is COc1ccc(COC(=O)C2=C(C)Nc3nnnn3[C@H]2c2ccc(OC)cc2OC)cc1. The van der Waals surface area contributed by atoms with Gasteiger partial charge >= 0.3 is 5.97 Å². The summed E-state index contributed by atoms with van der Waals surface area (Å²) in [7, 11) is 4.73. The van der Waals surface area contributed by atoms with Crippen molar-refractivity contribution in [2.45, 2.75) is 19.6 Å². The number of carbonyl (C=O) groups excluding carboxylic acids is 1. The summed E-state index contributed by atoms with van der Waals surface area (Å²) in [4.78, 5) is 13.3. The van der Waals surface area contributed by atoms with E-state index in [0.717, 1.165) is 11.3 Å². The van der Waals surface area contributed by atoms with Gasteiger partial charge in [-0.05, 0) is 47.2 Å². The van der Waals surface area contributed by atoms with Gasteiger partial charge in [-0.3, -0.25) is 0 Å². The van der Waals surface area contributed by atoms with Crippen molar-refractivity contribution in [3.8, 4) is 17.2 Å². The van der Waals surface area contributed by atoms with Crippen molar-refractivity contribution in [2.24, 2.45) is 0 Å². The third-order valence-corrected chi connectivity index (χ3v) is 5.20. The van der Waals surface area contributed by atoms with Gasteiger partial charge in [0.15, 0.2) is 0 Å². The number of esters is 1. The molecular formula is C22H23N5O5. The highest BCUT2D eigenvalue weighted by Gasteiger charge is 2.36. The third-order valence-electron chi connectivity index (χ3n) is 5.20. The van der Waals surface area contributed by atoms with Crippen molar-refractivity contribution in [1.82, 2.24) is 20.2 Å². The van der Waals surface area contributed by atoms with E-state index in [1.165, 1.54) is 4.68 Å². The molecule has 1 N–H and O–H groups in total. The smallest absolute Gasteiger partial charge is 0.338 e. The van der Waals surface area contributed by atoms with Crippen molar-refractivity contribution >= 4 is 11.9 Å². The first kappa shape index (κ1) is 21.2. The number of carbonyl (C=O) groups is 1. The van der Waals surface area contributed by atoms with Crippen molar-refractivity contribution in [2.75, 3.05) is 26.6 Å². The van der Waals surface area contributed by atoms with Crippen LogP contribution in [0.15, 0.2) is 53.7 Å². The molecule has 32 heavy (non-hydrogen) atoms. The molecule has 1 aromatic heterocycles. The molecule has 3 aromatic rings. The lowest BCUT2D eigenvalue weighted by Crippen LogP contribution is -2.30. The van der Waals surface area contributed by atoms with E-state index in [0.29, 0.717) is 34.3 Å². The van der Waals surface area contributed by atoms with Crippen LogP contribution in [-0.4, -0.2) is 47.5 Å². The number of anilines is 1. The number of methoxy groups -OCH3 is 3. The molecule has 0 fully saturated rings. The molecule has 1 aliphatic heterocycles. The summed E-state index contributed by atoms with van der Waals surface area (Å²) in [6, 6.07) is 12.0. The fraction of sp³-hybridized carbons (Fsp3) is 0.273. The Balaban J connectivity index is 1.68. The molecule has 1 aliphatic rings. The van der Waals surface area contributed by atoms with Crippen molar-refractivity contribution < 1.29 is 23.7 Å². The molecule has 166 valence electrons. The van der Waals surface area contributed by atoms with Gasteiger partial charge in [0.1, 0.15) is 29.9 Å². The molecule has 0 aliphatic carbocycles. The fourth-order valence-electron chi connectivity index (χ4n) is 3.56. The fourth-order valence-corrected chi connectivity index (χ4v) is 3.56. The Kier molecular flexibility index (Phi) is 5.93. The summed E-state index contributed by atoms with van der Waals surface area (Å²) in [5.41, 5.74) is 2.50. The Bertz CT molecular complexity index is 1160. The summed E-state index contributed by atoms with van der Waals surface area (Å²) < 4.78 is 23.2. The number of benzene rings is 2. The zero-order chi connectivity index (χ0) is 22.7. The van der Waals surface area contributed by atoms with Gasteiger partial charge < -0.3 is 24.3 Å². The topological polar surface area (TPSA) is 110 Å². The lowest BCUT2D eigenvalue weighted by Gasteiger charge is -2.28. The Morgan fingerprint density at radius 2 is 1.75 bits per heavy atom. The standard InChI is InChI=1S/C22H23N5O5/c1-13-19(21(28)32-12-14-5-7-15(29-2)8-6-14)20(27-22(23-13)24-25-26-27)17-10-9-16(30-3)11-18(17)31-4/h5-11,20H,12H2,1-4H3,(H,23,24,26)/t20-/m0/s1. The number of hydrogen-bond acceptors (Lipinski definition) is 9. The lowest BCUT2D eigenvalue weighted by molar-refractivity contribution is -0.140. The van der Waals surface area contributed by atoms with Crippen LogP contribution >= 0.6 is 0 Å². The van der Waals surface area contributed by atoms with Crippen LogP contribution in [0.25, 0.3) is 0 Å². The number of nitrogens with one attached hydrogen (secondary N) is 1. The van der Waals surface area contributed by atoms with Crippen molar-refractivity contribution in [1.29, 1.82) is 0 Å². The minimum atomic E-state index is -0.648. The first-order chi connectivity index (χ1) is 15.5. The Labute approximate surface area is 184 Å². The monoisotopic (exact) mass is 437 g/mol. The molecule has 2 aromatic carbocycles. The van der Waals surface area contributed by atoms with Crippen LogP contribution in [-0.2, 0) is 16.1 Å². The van der Waals surface area contributed by atoms with E-state index < -0.39 is 12.0 Å². The van der Waals surface area contributed by atoms with Crippen LogP contribution in [0.4, 0.5) is 5.95 Å². The molecule has 10 heteroatoms. The number of allylic oxidation sites excluding steroid dienone is 1. The zero-order valence-electron chi connectivity index (χ0n) is 18.2. The number of rotatable bonds is 7. The van der Waals surface area contributed by atoms with Crippen LogP contribution in [0.3, 0.4) is 0 Å². The number of ether oxygens (including phenoxy) is 4. The molecule has 1 atom stereocenters. The van der Waals surface area contributed by atoms with Crippen LogP contribution in [0, 0.1) is 0 Å². The summed E-state index contributed by atoms with van der Waals surface area (Å²) >= 11 is 0. The molecule has 0 saturated carbocycles. The average molecular weight is 437 g/mol. The molecule has 4 rings (SSSR count). The second-order valence-corrected chi connectivity index (χ2v) is 7.05. The molecule has 0 radical (unpaired) electrons. The van der Waals surface area contributed by atoms with Gasteiger partial charge in [0.25, 0.3) is 0 Å². The number of nitrogens with zero attached hydrogens (tertiary/aromatic N) is 4. The zero-order valence-corrected chi connectivity index (χ0v) is 18.2. The van der Waals surface area contributed by atoms with Gasteiger partial charge in [0, 0.05) is 17.3 Å². The predicted octanol–water partition coefficient (Wildman–Crippen LogP) is 2.73. The summed E-state index contributed by atoms with van der Waals surface area (Å²) in [6.45, 7) is 1.89. The minimum Gasteiger partial charge on any atom is -0.497 e. The third kappa shape index (κ3) is 3.94. The van der Waals surface area contributed by atoms with Gasteiger partial charge in [0.2, 0.25) is 5.95 Å². The highest BCUT2D eigenvalue weighted by Crippen LogP contribution is 2.40. The molecule has 0 spiro atoms. The molecular weight excluding hydrogens is 414 g/mol. The van der Waals surface area contributed by atoms with E-state index >= 15 is 0 Å². The Morgan fingerprint density at radius 3 is 2.44 bits per heavy atom. The van der Waals surface area contributed by atoms with Gasteiger partial charge in [-0.15, -0.1) is 0 Å². The van der Waals surface area contributed by atoms with Crippen LogP contribution in [0.1, 0.15) is 24.1 Å². The number of aromatic nitrogens is 4. The van der Waals surface area contributed by atoms with Gasteiger partial charge in [-0.25, -0.2) is 4.79 Å². The van der Waals surface area contributed by atoms with Gasteiger partial charge in [-0.2, -0.15) is 4.68 Å². The van der Waals surface area contributed by atoms with Crippen LogP contribution < -0.4 is 19.5 Å². The second-order valence-electron chi connectivity index (χ2n) is 7.05. The average Bonchev–Trinajstić information content (AvgIpc) is 3.29. The van der Waals surface area contributed by atoms with Gasteiger partial charge in [0.05, 0.1) is 26.9 Å². The quantitative estimate of drug-likeness (QED) is 0.558. The number of tetrazole rings is 1. The molecule has 2 heterocycles. The van der Waals surface area contributed by atoms with E-state index in [4.69, 9.17) is 18.9 Å². The van der Waals surface area contributed by atoms with Crippen molar-refractivity contribution in [3.05, 3.63) is 64.9 Å². The van der Waals surface area contributed by atoms with E-state index in [-0.39, 0.29) is 6.61 Å². The predicted molar refractivity (Wildman–Crippen MR) is 115 cm³/mol. The van der Waals surface area contributed by atoms with Crippen molar-refractivity contribution in [3.63, 3.8) is 0 Å². The Morgan fingerprint density at radius 1 is 1.03 bits per heavy atom. The summed E-state index contributed by atoms with van der Waals surface area (Å²) in [6.07, 6.45) is 0. The maximum Gasteiger partial charge on any atom is 0.338 e. The largest absolute Gasteiger partial charge is 0.497 e. The van der Waals surface area contributed by atoms with E-state index in [1.54, 1.807) is 40.4 Å². The normalized spacial score (nSPS) is 14.9. The van der Waals surface area contributed by atoms with E-state index in [1.807, 2.05) is 30.3 Å². The maximum atomic E-state index is 13.3. The lowest BCUT2D eigenvalue weighted by atomic mass is 9.95. The Hall–Kier alpha value is -4.08. The highest BCUT2D eigenvalue weighted by atomic mass is 16.5. The highest BCUT2D eigenvalue weighted by molar-refractivity contribution is 5.92. The first-order valence-electron chi connectivity index (χ1n) is 9.83. The first-order valence-corrected chi connectivity index (χ1v) is 9.83. The minimum absolute atomic E-state index is 0.106. The molecule has 0 amide bonds. The number of fused-ring (bicyclic) bond motifs is 1. The van der Waals surface area contributed by atoms with Crippen LogP contribution in [0.5, 0.6) is 17.2 Å². The van der Waals surface area contributed by atoms with E-state index in [2.05, 4.69) is 20.8 Å². The molecule has 0 bridgehead atoms. The second kappa shape index (κ2) is 8.96. The van der Waals surface area contributed by atoms with E-state index in [9.17, 15) is 4.79 Å². The molecule has 10 nitrogen and oxygen atoms in total. The maximum absolute atomic E-state index is 13.3. The molecule has 0 saturated heterocycles. The van der Waals surface area contributed by atoms with Crippen LogP contribution in [0.2, 0.25) is 0 Å². The summed E-state index contributed by atoms with van der Waals surface area (Å²) in [5.74, 6) is 1.81.